The Labute approximate surface area is 118 Å². The van der Waals surface area contributed by atoms with Gasteiger partial charge in [-0.15, -0.1) is 0 Å². The number of halogens is 2. The number of alkyl halides is 1. The fourth-order valence-corrected chi connectivity index (χ4v) is 2.22. The Morgan fingerprint density at radius 2 is 2.21 bits per heavy atom. The van der Waals surface area contributed by atoms with E-state index in [0.717, 1.165) is 6.20 Å². The molecule has 4 atom stereocenters. The van der Waals surface area contributed by atoms with Crippen molar-refractivity contribution in [1.82, 2.24) is 9.55 Å². The van der Waals surface area contributed by atoms with Crippen LogP contribution < -0.4 is 11.2 Å². The topological polar surface area (TPSA) is 125 Å². The minimum Gasteiger partial charge on any atom is -0.394 e. The van der Waals surface area contributed by atoms with E-state index in [1.165, 1.54) is 0 Å². The van der Waals surface area contributed by atoms with Crippen LogP contribution in [0.2, 0.25) is 0 Å². The van der Waals surface area contributed by atoms with Gasteiger partial charge in [-0.3, -0.25) is 14.3 Å². The second kappa shape index (κ2) is 4.94. The summed E-state index contributed by atoms with van der Waals surface area (Å²) in [7, 11) is 0. The van der Waals surface area contributed by atoms with Gasteiger partial charge in [0.25, 0.3) is 11.4 Å². The zero-order valence-corrected chi connectivity index (χ0v) is 11.4. The molecule has 0 radical (unpaired) electrons. The summed E-state index contributed by atoms with van der Waals surface area (Å²) >= 11 is 1.61. The maximum Gasteiger partial charge on any atom is 0.330 e. The summed E-state index contributed by atoms with van der Waals surface area (Å²) in [5, 5.41) is 27.9. The van der Waals surface area contributed by atoms with Crippen molar-refractivity contribution in [2.75, 3.05) is 6.61 Å². The van der Waals surface area contributed by atoms with Crippen molar-refractivity contribution in [3.05, 3.63) is 30.6 Å². The number of hydrogen-bond donors (Lipinski definition) is 4. The smallest absolute Gasteiger partial charge is 0.330 e. The SMILES string of the molecule is O=c1[nH]c(=O)n([C@@H]2O[C@H](CO)[C@@H](O)[C@]2(O)F)cc1I. The minimum atomic E-state index is -3.27. The standard InChI is InChI=1S/C9H10FIN2O6/c10-9(18)5(15)4(2-14)19-7(9)13-1-3(11)6(16)12-8(13)17/h1,4-5,7,14-15,18H,2H2,(H,12,16,17)/t4-,5-,7-,9-/m1/s1. The molecule has 0 aliphatic carbocycles. The van der Waals surface area contributed by atoms with Gasteiger partial charge < -0.3 is 20.1 Å². The summed E-state index contributed by atoms with van der Waals surface area (Å²) < 4.78 is 19.6. The van der Waals surface area contributed by atoms with E-state index in [4.69, 9.17) is 9.84 Å². The monoisotopic (exact) mass is 388 g/mol. The normalized spacial score (nSPS) is 34.7. The molecular weight excluding hydrogens is 378 g/mol. The molecule has 0 spiro atoms. The number of rotatable bonds is 2. The van der Waals surface area contributed by atoms with Gasteiger partial charge in [-0.25, -0.2) is 9.18 Å². The number of H-pyrrole nitrogens is 1. The van der Waals surface area contributed by atoms with Crippen molar-refractivity contribution >= 4 is 22.6 Å². The van der Waals surface area contributed by atoms with Crippen molar-refractivity contribution in [2.45, 2.75) is 24.3 Å². The van der Waals surface area contributed by atoms with Gasteiger partial charge in [-0.1, -0.05) is 0 Å². The Kier molecular flexibility index (Phi) is 3.79. The summed E-state index contributed by atoms with van der Waals surface area (Å²) in [4.78, 5) is 24.7. The van der Waals surface area contributed by atoms with Crippen LogP contribution in [0.1, 0.15) is 6.23 Å². The van der Waals surface area contributed by atoms with Crippen molar-refractivity contribution in [1.29, 1.82) is 0 Å². The zero-order valence-electron chi connectivity index (χ0n) is 9.29. The van der Waals surface area contributed by atoms with Gasteiger partial charge in [-0.05, 0) is 22.6 Å². The quantitative estimate of drug-likeness (QED) is 0.437. The molecule has 0 unspecified atom stereocenters. The summed E-state index contributed by atoms with van der Waals surface area (Å²) in [6, 6.07) is 0. The molecule has 4 N–H and O–H groups in total. The molecule has 1 fully saturated rings. The maximum atomic E-state index is 14.0. The largest absolute Gasteiger partial charge is 0.394 e. The number of aliphatic hydroxyl groups is 3. The second-order valence-corrected chi connectivity index (χ2v) is 5.19. The molecule has 1 aliphatic rings. The van der Waals surface area contributed by atoms with E-state index in [9.17, 15) is 24.2 Å². The van der Waals surface area contributed by atoms with Crippen molar-refractivity contribution in [2.24, 2.45) is 0 Å². The Morgan fingerprint density at radius 3 is 2.74 bits per heavy atom. The Morgan fingerprint density at radius 1 is 1.58 bits per heavy atom. The van der Waals surface area contributed by atoms with Gasteiger partial charge in [0.1, 0.15) is 12.2 Å². The molecule has 106 valence electrons. The van der Waals surface area contributed by atoms with E-state index in [1.807, 2.05) is 4.98 Å². The molecule has 19 heavy (non-hydrogen) atoms. The highest BCUT2D eigenvalue weighted by atomic mass is 127. The molecule has 2 heterocycles. The third-order valence-electron chi connectivity index (χ3n) is 2.77. The lowest BCUT2D eigenvalue weighted by Crippen LogP contribution is -2.46. The number of nitrogens with one attached hydrogen (secondary N) is 1. The number of aliphatic hydroxyl groups excluding tert-OH is 2. The number of nitrogens with zero attached hydrogens (tertiary/aromatic N) is 1. The van der Waals surface area contributed by atoms with Gasteiger partial charge >= 0.3 is 5.69 Å². The van der Waals surface area contributed by atoms with Crippen molar-refractivity contribution in [3.8, 4) is 0 Å². The van der Waals surface area contributed by atoms with Gasteiger partial charge in [0.2, 0.25) is 0 Å². The van der Waals surface area contributed by atoms with Gasteiger partial charge in [0, 0.05) is 6.20 Å². The van der Waals surface area contributed by atoms with Crippen LogP contribution in [0.4, 0.5) is 4.39 Å². The van der Waals surface area contributed by atoms with E-state index in [0.29, 0.717) is 4.57 Å². The highest BCUT2D eigenvalue weighted by Gasteiger charge is 2.57. The number of aromatic nitrogens is 2. The van der Waals surface area contributed by atoms with Crippen molar-refractivity contribution < 1.29 is 24.4 Å². The Bertz CT molecular complexity index is 599. The lowest BCUT2D eigenvalue weighted by molar-refractivity contribution is -0.197. The first-order valence-electron chi connectivity index (χ1n) is 5.15. The Hall–Kier alpha value is -0.820. The molecule has 1 aromatic heterocycles. The number of ether oxygens (including phenoxy) is 1. The van der Waals surface area contributed by atoms with E-state index in [2.05, 4.69) is 0 Å². The first-order valence-corrected chi connectivity index (χ1v) is 6.23. The maximum absolute atomic E-state index is 14.0. The molecule has 0 amide bonds. The van der Waals surface area contributed by atoms with Crippen LogP contribution in [0.3, 0.4) is 0 Å². The van der Waals surface area contributed by atoms with Gasteiger partial charge in [-0.2, -0.15) is 0 Å². The lowest BCUT2D eigenvalue weighted by atomic mass is 10.1. The van der Waals surface area contributed by atoms with Gasteiger partial charge in [0.15, 0.2) is 6.23 Å². The van der Waals surface area contributed by atoms with Crippen LogP contribution in [-0.4, -0.2) is 49.5 Å². The van der Waals surface area contributed by atoms with Crippen LogP contribution in [-0.2, 0) is 4.74 Å². The molecule has 1 aromatic rings. The Balaban J connectivity index is 2.51. The van der Waals surface area contributed by atoms with Gasteiger partial charge in [0.05, 0.1) is 10.2 Å². The van der Waals surface area contributed by atoms with Crippen LogP contribution >= 0.6 is 22.6 Å². The molecule has 10 heteroatoms. The predicted molar refractivity (Wildman–Crippen MR) is 67.1 cm³/mol. The average molecular weight is 388 g/mol. The third-order valence-corrected chi connectivity index (χ3v) is 3.54. The first-order chi connectivity index (χ1) is 8.78. The molecule has 0 saturated carbocycles. The zero-order chi connectivity index (χ0) is 14.4. The highest BCUT2D eigenvalue weighted by molar-refractivity contribution is 14.1. The summed E-state index contributed by atoms with van der Waals surface area (Å²) in [6.45, 7) is -0.737. The predicted octanol–water partition coefficient (Wildman–Crippen LogP) is -1.95. The second-order valence-electron chi connectivity index (χ2n) is 4.03. The van der Waals surface area contributed by atoms with E-state index in [-0.39, 0.29) is 3.57 Å². The molecule has 0 aromatic carbocycles. The lowest BCUT2D eigenvalue weighted by Gasteiger charge is -2.23. The molecule has 2 rings (SSSR count). The van der Waals surface area contributed by atoms with Crippen LogP contribution in [0.25, 0.3) is 0 Å². The number of aromatic amines is 1. The first kappa shape index (κ1) is 14.6. The molecule has 1 aliphatic heterocycles. The van der Waals surface area contributed by atoms with E-state index in [1.54, 1.807) is 22.6 Å². The fraction of sp³-hybridized carbons (Fsp3) is 0.556. The average Bonchev–Trinajstić information content (AvgIpc) is 2.56. The number of hydrogen-bond acceptors (Lipinski definition) is 6. The van der Waals surface area contributed by atoms with Crippen LogP contribution in [0, 0.1) is 3.57 Å². The van der Waals surface area contributed by atoms with Crippen LogP contribution in [0.15, 0.2) is 15.8 Å². The summed E-state index contributed by atoms with van der Waals surface area (Å²) in [5.74, 6) is -3.27. The highest BCUT2D eigenvalue weighted by Crippen LogP contribution is 2.38. The summed E-state index contributed by atoms with van der Waals surface area (Å²) in [6.07, 6.45) is -4.27. The van der Waals surface area contributed by atoms with Crippen molar-refractivity contribution in [3.63, 3.8) is 0 Å². The molecular formula is C9H10FIN2O6. The summed E-state index contributed by atoms with van der Waals surface area (Å²) in [5.41, 5.74) is -1.67. The van der Waals surface area contributed by atoms with Crippen LogP contribution in [0.5, 0.6) is 0 Å². The minimum absolute atomic E-state index is 0.0681. The van der Waals surface area contributed by atoms with E-state index >= 15 is 0 Å². The van der Waals surface area contributed by atoms with E-state index < -0.39 is 42.1 Å². The molecule has 0 bridgehead atoms. The molecule has 1 saturated heterocycles. The molecule has 8 nitrogen and oxygen atoms in total. The fourth-order valence-electron chi connectivity index (χ4n) is 1.78. The third kappa shape index (κ3) is 2.33.